The first kappa shape index (κ1) is 10.4. The van der Waals surface area contributed by atoms with Crippen LogP contribution >= 0.6 is 0 Å². The van der Waals surface area contributed by atoms with Gasteiger partial charge in [0.1, 0.15) is 0 Å². The Morgan fingerprint density at radius 1 is 0.714 bits per heavy atom. The van der Waals surface area contributed by atoms with Crippen LogP contribution in [0.2, 0.25) is 0 Å². The van der Waals surface area contributed by atoms with Gasteiger partial charge in [0.2, 0.25) is 0 Å². The first-order valence-corrected chi connectivity index (χ1v) is 1.01. The van der Waals surface area contributed by atoms with Gasteiger partial charge in [-0.3, -0.25) is 0 Å². The zero-order valence-corrected chi connectivity index (χ0v) is 5.51. The molecule has 0 aliphatic heterocycles. The molecule has 0 nitrogen and oxygen atoms in total. The summed E-state index contributed by atoms with van der Waals surface area (Å²) in [5.74, 6) is 0. The second kappa shape index (κ2) is 4.61. The predicted molar refractivity (Wildman–Crippen MR) is 17.2 cm³/mol. The van der Waals surface area contributed by atoms with Crippen LogP contribution in [0.25, 0.3) is 0 Å². The Bertz CT molecular complexity index is 59.8. The van der Waals surface area contributed by atoms with Gasteiger partial charge in [-0.25, -0.2) is 0 Å². The van der Waals surface area contributed by atoms with Crippen LogP contribution in [0.15, 0.2) is 12.2 Å². The molecule has 0 aliphatic carbocycles. The average molecular weight is 123 g/mol. The Balaban J connectivity index is 0. The van der Waals surface area contributed by atoms with Crippen LogP contribution in [0.5, 0.6) is 0 Å². The molecule has 0 aromatic rings. The van der Waals surface area contributed by atoms with E-state index in [1.165, 1.54) is 0 Å². The van der Waals surface area contributed by atoms with E-state index < -0.39 is 12.2 Å². The van der Waals surface area contributed by atoms with E-state index in [1.54, 1.807) is 0 Å². The molecule has 37 valence electrons. The normalized spacial score (nSPS) is 6.86. The van der Waals surface area contributed by atoms with Gasteiger partial charge in [-0.15, -0.1) is 0 Å². The second-order valence-corrected chi connectivity index (χ2v) is 0.521. The fourth-order valence-electron chi connectivity index (χ4n) is 0. The van der Waals surface area contributed by atoms with Crippen LogP contribution in [0.3, 0.4) is 0 Å². The quantitative estimate of drug-likeness (QED) is 0.339. The Labute approximate surface area is 59.5 Å². The van der Waals surface area contributed by atoms with Crippen molar-refractivity contribution in [2.24, 2.45) is 0 Å². The Morgan fingerprint density at radius 3 is 0.857 bits per heavy atom. The zero-order chi connectivity index (χ0) is 5.15. The molecule has 7 heavy (non-hydrogen) atoms. The number of rotatable bonds is 0. The SMILES string of the molecule is FC(F)=C(F)F.[Na]. The number of hydrogen-bond donors (Lipinski definition) is 0. The Morgan fingerprint density at radius 2 is 0.857 bits per heavy atom. The van der Waals surface area contributed by atoms with Crippen molar-refractivity contribution in [3.8, 4) is 0 Å². The number of halogens is 4. The van der Waals surface area contributed by atoms with Gasteiger partial charge in [-0.1, -0.05) is 0 Å². The fraction of sp³-hybridized carbons (Fsp3) is 0. The van der Waals surface area contributed by atoms with Crippen molar-refractivity contribution in [3.05, 3.63) is 12.2 Å². The summed E-state index contributed by atoms with van der Waals surface area (Å²) in [5, 5.41) is 0. The molecule has 0 unspecified atom stereocenters. The van der Waals surface area contributed by atoms with Crippen LogP contribution in [0.4, 0.5) is 17.6 Å². The molecule has 0 heterocycles. The average Bonchev–Trinajstić information content (AvgIpc) is 1.36. The van der Waals surface area contributed by atoms with Gasteiger partial charge in [0, 0.05) is 29.6 Å². The first-order chi connectivity index (χ1) is 2.64. The molecule has 0 rings (SSSR count). The molecule has 0 saturated carbocycles. The summed E-state index contributed by atoms with van der Waals surface area (Å²) in [4.78, 5) is 0. The van der Waals surface area contributed by atoms with E-state index in [4.69, 9.17) is 0 Å². The minimum atomic E-state index is -2.91. The summed E-state index contributed by atoms with van der Waals surface area (Å²) < 4.78 is 41.1. The minimum Gasteiger partial charge on any atom is -0.167 e. The van der Waals surface area contributed by atoms with Crippen LogP contribution in [-0.4, -0.2) is 29.6 Å². The van der Waals surface area contributed by atoms with Crippen molar-refractivity contribution in [2.45, 2.75) is 0 Å². The molecule has 0 N–H and O–H groups in total. The Hall–Kier alpha value is 0.460. The summed E-state index contributed by atoms with van der Waals surface area (Å²) in [5.41, 5.74) is 0. The molecule has 0 fully saturated rings. The number of hydrogen-bond acceptors (Lipinski definition) is 0. The second-order valence-electron chi connectivity index (χ2n) is 0.521. The van der Waals surface area contributed by atoms with E-state index in [1.807, 2.05) is 0 Å². The van der Waals surface area contributed by atoms with Gasteiger partial charge in [-0.2, -0.15) is 17.6 Å². The molecule has 0 aliphatic rings. The molecule has 1 radical (unpaired) electrons. The fourth-order valence-corrected chi connectivity index (χ4v) is 0. The predicted octanol–water partition coefficient (Wildman–Crippen LogP) is 1.61. The van der Waals surface area contributed by atoms with E-state index in [9.17, 15) is 17.6 Å². The van der Waals surface area contributed by atoms with Crippen molar-refractivity contribution in [1.82, 2.24) is 0 Å². The van der Waals surface area contributed by atoms with Crippen LogP contribution in [0.1, 0.15) is 0 Å². The topological polar surface area (TPSA) is 0 Å². The molecule has 0 saturated heterocycles. The van der Waals surface area contributed by atoms with Gasteiger partial charge in [0.25, 0.3) is 0 Å². The summed E-state index contributed by atoms with van der Waals surface area (Å²) in [6.45, 7) is 0. The molecule has 0 bridgehead atoms. The van der Waals surface area contributed by atoms with Gasteiger partial charge >= 0.3 is 12.2 Å². The molecule has 0 amide bonds. The molecule has 0 spiro atoms. The molecular weight excluding hydrogens is 123 g/mol. The standard InChI is InChI=1S/C2F4.Na/c3-1(4)2(5)6;. The Kier molecular flexibility index (Phi) is 6.88. The van der Waals surface area contributed by atoms with Gasteiger partial charge < -0.3 is 0 Å². The monoisotopic (exact) mass is 123 g/mol. The molecule has 0 aromatic carbocycles. The van der Waals surface area contributed by atoms with Gasteiger partial charge in [-0.05, 0) is 0 Å². The van der Waals surface area contributed by atoms with Crippen molar-refractivity contribution >= 4 is 29.6 Å². The van der Waals surface area contributed by atoms with E-state index in [0.29, 0.717) is 0 Å². The van der Waals surface area contributed by atoms with E-state index >= 15 is 0 Å². The van der Waals surface area contributed by atoms with Crippen molar-refractivity contribution in [2.75, 3.05) is 0 Å². The van der Waals surface area contributed by atoms with Crippen molar-refractivity contribution < 1.29 is 17.6 Å². The van der Waals surface area contributed by atoms with E-state index in [-0.39, 0.29) is 29.6 Å². The summed E-state index contributed by atoms with van der Waals surface area (Å²) in [7, 11) is 0. The molecule has 5 heteroatoms. The molecule has 0 aromatic heterocycles. The third-order valence-corrected chi connectivity index (χ3v) is 0.143. The third kappa shape index (κ3) is 6.46. The van der Waals surface area contributed by atoms with Crippen LogP contribution in [0, 0.1) is 0 Å². The van der Waals surface area contributed by atoms with Crippen LogP contribution < -0.4 is 0 Å². The first-order valence-electron chi connectivity index (χ1n) is 1.01. The van der Waals surface area contributed by atoms with Crippen LogP contribution in [-0.2, 0) is 0 Å². The molecular formula is C2F4Na. The largest absolute Gasteiger partial charge is 0.334 e. The van der Waals surface area contributed by atoms with Crippen molar-refractivity contribution in [3.63, 3.8) is 0 Å². The maximum absolute atomic E-state index is 10.3. The third-order valence-electron chi connectivity index (χ3n) is 0.143. The van der Waals surface area contributed by atoms with Gasteiger partial charge in [0.15, 0.2) is 0 Å². The van der Waals surface area contributed by atoms with E-state index in [0.717, 1.165) is 0 Å². The summed E-state index contributed by atoms with van der Waals surface area (Å²) in [6.07, 6.45) is -5.81. The summed E-state index contributed by atoms with van der Waals surface area (Å²) >= 11 is 0. The smallest absolute Gasteiger partial charge is 0.167 e. The summed E-state index contributed by atoms with van der Waals surface area (Å²) in [6, 6.07) is 0. The van der Waals surface area contributed by atoms with Crippen molar-refractivity contribution in [1.29, 1.82) is 0 Å². The maximum Gasteiger partial charge on any atom is 0.334 e. The zero-order valence-electron chi connectivity index (χ0n) is 3.51. The minimum absolute atomic E-state index is 0. The van der Waals surface area contributed by atoms with Gasteiger partial charge in [0.05, 0.1) is 0 Å². The van der Waals surface area contributed by atoms with E-state index in [2.05, 4.69) is 0 Å². The maximum atomic E-state index is 10.3. The molecule has 0 atom stereocenters.